The lowest BCUT2D eigenvalue weighted by atomic mass is 9.94. The molecule has 0 bridgehead atoms. The van der Waals surface area contributed by atoms with Crippen LogP contribution < -0.4 is 9.47 Å². The molecule has 2 aromatic rings. The van der Waals surface area contributed by atoms with Gasteiger partial charge in [0.05, 0.1) is 32.9 Å². The van der Waals surface area contributed by atoms with Gasteiger partial charge in [-0.15, -0.1) is 0 Å². The van der Waals surface area contributed by atoms with Crippen molar-refractivity contribution in [3.05, 3.63) is 59.2 Å². The lowest BCUT2D eigenvalue weighted by Gasteiger charge is -2.44. The van der Waals surface area contributed by atoms with Crippen molar-refractivity contribution in [2.24, 2.45) is 0 Å². The Morgan fingerprint density at radius 1 is 0.939 bits per heavy atom. The molecule has 33 heavy (non-hydrogen) atoms. The molecule has 0 saturated carbocycles. The number of benzene rings is 2. The molecule has 0 unspecified atom stereocenters. The quantitative estimate of drug-likeness (QED) is 0.643. The van der Waals surface area contributed by atoms with Gasteiger partial charge in [-0.2, -0.15) is 0 Å². The first-order valence-electron chi connectivity index (χ1n) is 11.1. The van der Waals surface area contributed by atoms with E-state index in [4.69, 9.17) is 18.9 Å². The summed E-state index contributed by atoms with van der Waals surface area (Å²) in [6, 6.07) is 12.9. The van der Waals surface area contributed by atoms with Gasteiger partial charge in [-0.1, -0.05) is 18.2 Å². The zero-order valence-electron chi connectivity index (χ0n) is 19.3. The molecule has 4 rings (SSSR count). The van der Waals surface area contributed by atoms with Gasteiger partial charge in [0, 0.05) is 32.6 Å². The first-order valence-corrected chi connectivity index (χ1v) is 11.1. The topological polar surface area (TPSA) is 77.5 Å². The Kier molecular flexibility index (Phi) is 7.03. The average Bonchev–Trinajstić information content (AvgIpc) is 2.87. The number of methoxy groups -OCH3 is 3. The van der Waals surface area contributed by atoms with Crippen molar-refractivity contribution in [1.82, 2.24) is 9.80 Å². The Morgan fingerprint density at radius 3 is 2.30 bits per heavy atom. The minimum atomic E-state index is -0.364. The lowest BCUT2D eigenvalue weighted by molar-refractivity contribution is -0.0365. The van der Waals surface area contributed by atoms with E-state index in [1.54, 1.807) is 31.3 Å². The van der Waals surface area contributed by atoms with Crippen molar-refractivity contribution >= 4 is 12.1 Å². The minimum Gasteiger partial charge on any atom is -0.493 e. The van der Waals surface area contributed by atoms with E-state index in [1.165, 1.54) is 12.7 Å². The molecule has 8 nitrogen and oxygen atoms in total. The Bertz CT molecular complexity index is 996. The van der Waals surface area contributed by atoms with E-state index in [1.807, 2.05) is 30.3 Å². The van der Waals surface area contributed by atoms with Gasteiger partial charge in [0.25, 0.3) is 0 Å². The Labute approximate surface area is 194 Å². The van der Waals surface area contributed by atoms with E-state index in [-0.39, 0.29) is 24.2 Å². The number of rotatable bonds is 5. The van der Waals surface area contributed by atoms with Crippen molar-refractivity contribution in [2.75, 3.05) is 41.0 Å². The molecule has 1 amide bonds. The number of piperidine rings is 1. The molecule has 0 N–H and O–H groups in total. The van der Waals surface area contributed by atoms with Gasteiger partial charge in [-0.3, -0.25) is 4.90 Å². The highest BCUT2D eigenvalue weighted by molar-refractivity contribution is 5.89. The summed E-state index contributed by atoms with van der Waals surface area (Å²) in [5.74, 6) is 1.06. The van der Waals surface area contributed by atoms with Gasteiger partial charge in [0.1, 0.15) is 6.10 Å². The molecule has 0 aromatic heterocycles. The largest absolute Gasteiger partial charge is 0.493 e. The normalized spacial score (nSPS) is 20.5. The van der Waals surface area contributed by atoms with E-state index >= 15 is 0 Å². The number of likely N-dealkylation sites (tertiary alicyclic amines) is 1. The number of hydrogen-bond acceptors (Lipinski definition) is 7. The molecule has 0 spiro atoms. The average molecular weight is 455 g/mol. The molecule has 176 valence electrons. The van der Waals surface area contributed by atoms with Crippen LogP contribution in [0.1, 0.15) is 27.9 Å². The van der Waals surface area contributed by atoms with Crippen LogP contribution in [0.2, 0.25) is 0 Å². The first kappa shape index (κ1) is 22.9. The van der Waals surface area contributed by atoms with Crippen LogP contribution in [0.5, 0.6) is 11.5 Å². The third-order valence-corrected chi connectivity index (χ3v) is 6.44. The predicted octanol–water partition coefficient (Wildman–Crippen LogP) is 3.13. The van der Waals surface area contributed by atoms with E-state index in [0.29, 0.717) is 43.1 Å². The molecular weight excluding hydrogens is 424 g/mol. The number of hydrogen-bond donors (Lipinski definition) is 0. The summed E-state index contributed by atoms with van der Waals surface area (Å²) in [4.78, 5) is 29.0. The number of carbonyl (C=O) groups excluding carboxylic acids is 2. The summed E-state index contributed by atoms with van der Waals surface area (Å²) in [6.07, 6.45) is 0.675. The van der Waals surface area contributed by atoms with Crippen LogP contribution in [0.25, 0.3) is 0 Å². The standard InChI is InChI=1S/C25H30N2O6/c1-30-22-13-18-9-11-26(15-19(18)14-23(22)31-2)20-16-27(25(29)32-3)12-10-21(20)33-24(28)17-7-5-4-6-8-17/h4-8,13-14,20-21H,9-12,15-16H2,1-3H3/t20-,21-/m0/s1. The summed E-state index contributed by atoms with van der Waals surface area (Å²) >= 11 is 0. The third-order valence-electron chi connectivity index (χ3n) is 6.44. The molecule has 2 atom stereocenters. The van der Waals surface area contributed by atoms with Gasteiger partial charge < -0.3 is 23.8 Å². The fourth-order valence-electron chi connectivity index (χ4n) is 4.66. The zero-order valence-corrected chi connectivity index (χ0v) is 19.3. The molecule has 1 fully saturated rings. The highest BCUT2D eigenvalue weighted by Gasteiger charge is 2.39. The van der Waals surface area contributed by atoms with E-state index in [0.717, 1.165) is 18.5 Å². The van der Waals surface area contributed by atoms with Gasteiger partial charge in [0.2, 0.25) is 0 Å². The summed E-state index contributed by atoms with van der Waals surface area (Å²) < 4.78 is 21.9. The van der Waals surface area contributed by atoms with Gasteiger partial charge in [-0.05, 0) is 41.8 Å². The zero-order chi connectivity index (χ0) is 23.4. The SMILES string of the molecule is COC(=O)N1CC[C@H](OC(=O)c2ccccc2)[C@@H](N2CCc3cc(OC)c(OC)cc3C2)C1. The fourth-order valence-corrected chi connectivity index (χ4v) is 4.66. The Hall–Kier alpha value is -3.26. The Morgan fingerprint density at radius 2 is 1.64 bits per heavy atom. The van der Waals surface area contributed by atoms with Crippen LogP contribution in [0.15, 0.2) is 42.5 Å². The summed E-state index contributed by atoms with van der Waals surface area (Å²) in [5.41, 5.74) is 2.87. The van der Waals surface area contributed by atoms with Crippen LogP contribution in [0.4, 0.5) is 4.79 Å². The van der Waals surface area contributed by atoms with Crippen LogP contribution >= 0.6 is 0 Å². The number of esters is 1. The number of carbonyl (C=O) groups is 2. The predicted molar refractivity (Wildman–Crippen MR) is 122 cm³/mol. The second-order valence-corrected chi connectivity index (χ2v) is 8.28. The fraction of sp³-hybridized carbons (Fsp3) is 0.440. The number of nitrogens with zero attached hydrogens (tertiary/aromatic N) is 2. The maximum Gasteiger partial charge on any atom is 0.409 e. The monoisotopic (exact) mass is 454 g/mol. The smallest absolute Gasteiger partial charge is 0.409 e. The number of amides is 1. The second kappa shape index (κ2) is 10.1. The summed E-state index contributed by atoms with van der Waals surface area (Å²) in [5, 5.41) is 0. The highest BCUT2D eigenvalue weighted by atomic mass is 16.6. The van der Waals surface area contributed by atoms with E-state index < -0.39 is 0 Å². The van der Waals surface area contributed by atoms with E-state index in [9.17, 15) is 9.59 Å². The maximum absolute atomic E-state index is 12.8. The minimum absolute atomic E-state index is 0.147. The summed E-state index contributed by atoms with van der Waals surface area (Å²) in [7, 11) is 4.64. The van der Waals surface area contributed by atoms with Crippen LogP contribution in [0, 0.1) is 0 Å². The molecule has 2 aliphatic heterocycles. The maximum atomic E-state index is 12.8. The van der Waals surface area contributed by atoms with Crippen molar-refractivity contribution in [3.8, 4) is 11.5 Å². The molecule has 2 aromatic carbocycles. The lowest BCUT2D eigenvalue weighted by Crippen LogP contribution is -2.58. The third kappa shape index (κ3) is 4.90. The molecule has 0 aliphatic carbocycles. The van der Waals surface area contributed by atoms with Gasteiger partial charge in [-0.25, -0.2) is 9.59 Å². The van der Waals surface area contributed by atoms with Crippen LogP contribution in [0.3, 0.4) is 0 Å². The Balaban J connectivity index is 1.56. The van der Waals surface area contributed by atoms with Gasteiger partial charge >= 0.3 is 12.1 Å². The van der Waals surface area contributed by atoms with Crippen molar-refractivity contribution in [1.29, 1.82) is 0 Å². The first-order chi connectivity index (χ1) is 16.0. The number of fused-ring (bicyclic) bond motifs is 1. The highest BCUT2D eigenvalue weighted by Crippen LogP contribution is 2.35. The molecular formula is C25H30N2O6. The molecule has 0 radical (unpaired) electrons. The van der Waals surface area contributed by atoms with Crippen LogP contribution in [-0.4, -0.2) is 75.0 Å². The molecule has 8 heteroatoms. The molecule has 2 heterocycles. The van der Waals surface area contributed by atoms with Crippen molar-refractivity contribution in [2.45, 2.75) is 31.5 Å². The van der Waals surface area contributed by atoms with Crippen LogP contribution in [-0.2, 0) is 22.4 Å². The van der Waals surface area contributed by atoms with Gasteiger partial charge in [0.15, 0.2) is 11.5 Å². The molecule has 2 aliphatic rings. The van der Waals surface area contributed by atoms with E-state index in [2.05, 4.69) is 4.90 Å². The number of ether oxygens (including phenoxy) is 4. The second-order valence-electron chi connectivity index (χ2n) is 8.28. The van der Waals surface area contributed by atoms with Crippen molar-refractivity contribution in [3.63, 3.8) is 0 Å². The van der Waals surface area contributed by atoms with Crippen molar-refractivity contribution < 1.29 is 28.5 Å². The molecule has 1 saturated heterocycles. The summed E-state index contributed by atoms with van der Waals surface area (Å²) in [6.45, 7) is 2.35.